The average Bonchev–Trinajstić information content (AvgIpc) is 1.64. The molecule has 0 aromatic carbocycles. The van der Waals surface area contributed by atoms with E-state index < -0.39 is 0 Å². The molecule has 0 amide bonds. The predicted octanol–water partition coefficient (Wildman–Crippen LogP) is 0.241. The average molecular weight is 130 g/mol. The summed E-state index contributed by atoms with van der Waals surface area (Å²) in [7, 11) is 4.13. The Morgan fingerprint density at radius 3 is 2.44 bits per heavy atom. The van der Waals surface area contributed by atoms with Crippen LogP contribution in [0, 0.1) is 0 Å². The van der Waals surface area contributed by atoms with E-state index in [4.69, 9.17) is 5.11 Å². The molecular weight excluding hydrogens is 114 g/mol. The molecule has 0 rings (SSSR count). The summed E-state index contributed by atoms with van der Waals surface area (Å²) < 4.78 is 0.819. The highest BCUT2D eigenvalue weighted by Gasteiger charge is 2.09. The van der Waals surface area contributed by atoms with Crippen molar-refractivity contribution in [2.45, 2.75) is 0 Å². The van der Waals surface area contributed by atoms with Crippen molar-refractivity contribution < 1.29 is 9.59 Å². The molecule has 0 spiro atoms. The lowest BCUT2D eigenvalue weighted by Gasteiger charge is -2.26. The zero-order valence-corrected chi connectivity index (χ0v) is 6.30. The van der Waals surface area contributed by atoms with E-state index in [9.17, 15) is 0 Å². The Balaban J connectivity index is 3.55. The van der Waals surface area contributed by atoms with Gasteiger partial charge in [0.1, 0.15) is 6.54 Å². The van der Waals surface area contributed by atoms with Gasteiger partial charge in [-0.2, -0.15) is 0 Å². The first-order valence-corrected chi connectivity index (χ1v) is 3.16. The monoisotopic (exact) mass is 130 g/mol. The van der Waals surface area contributed by atoms with Crippen molar-refractivity contribution in [3.8, 4) is 0 Å². The first-order chi connectivity index (χ1) is 4.12. The summed E-state index contributed by atoms with van der Waals surface area (Å²) in [5.74, 6) is 0. The second-order valence-corrected chi connectivity index (χ2v) is 2.85. The van der Waals surface area contributed by atoms with Crippen LogP contribution in [0.4, 0.5) is 0 Å². The lowest BCUT2D eigenvalue weighted by molar-refractivity contribution is -0.884. The molecule has 0 aliphatic carbocycles. The van der Waals surface area contributed by atoms with Gasteiger partial charge in [-0.05, 0) is 6.08 Å². The van der Waals surface area contributed by atoms with E-state index in [1.54, 1.807) is 0 Å². The van der Waals surface area contributed by atoms with E-state index >= 15 is 0 Å². The topological polar surface area (TPSA) is 20.2 Å². The standard InChI is InChI=1S/C7H16NO/c1-4-5-8(2,3)6-7-9/h4,9H,1,5-7H2,2-3H3/q+1. The molecular formula is C7H16NO+. The van der Waals surface area contributed by atoms with E-state index in [1.165, 1.54) is 0 Å². The maximum Gasteiger partial charge on any atom is 0.102 e. The number of nitrogens with zero attached hydrogens (tertiary/aromatic N) is 1. The van der Waals surface area contributed by atoms with Gasteiger partial charge in [0.25, 0.3) is 0 Å². The SMILES string of the molecule is C=CC[N+](C)(C)CCO. The zero-order chi connectivity index (χ0) is 7.33. The maximum atomic E-state index is 8.58. The Labute approximate surface area is 57.0 Å². The van der Waals surface area contributed by atoms with Crippen molar-refractivity contribution in [3.63, 3.8) is 0 Å². The number of likely N-dealkylation sites (N-methyl/N-ethyl adjacent to an activating group) is 1. The van der Waals surface area contributed by atoms with Crippen molar-refractivity contribution in [3.05, 3.63) is 12.7 Å². The summed E-state index contributed by atoms with van der Waals surface area (Å²) >= 11 is 0. The zero-order valence-electron chi connectivity index (χ0n) is 6.30. The van der Waals surface area contributed by atoms with Crippen LogP contribution in [-0.4, -0.2) is 43.4 Å². The molecule has 0 radical (unpaired) electrons. The molecule has 0 aromatic rings. The number of aliphatic hydroxyl groups excluding tert-OH is 1. The normalized spacial score (nSPS) is 11.4. The molecule has 54 valence electrons. The van der Waals surface area contributed by atoms with Crippen LogP contribution in [0.3, 0.4) is 0 Å². The largest absolute Gasteiger partial charge is 0.391 e. The highest BCUT2D eigenvalue weighted by molar-refractivity contribution is 4.64. The number of hydrogen-bond acceptors (Lipinski definition) is 1. The third-order valence-corrected chi connectivity index (χ3v) is 1.33. The Bertz CT molecular complexity index is 88.9. The van der Waals surface area contributed by atoms with Crippen molar-refractivity contribution in [2.24, 2.45) is 0 Å². The van der Waals surface area contributed by atoms with Gasteiger partial charge in [-0.25, -0.2) is 0 Å². The van der Waals surface area contributed by atoms with Crippen molar-refractivity contribution in [1.29, 1.82) is 0 Å². The Kier molecular flexibility index (Phi) is 3.50. The first kappa shape index (κ1) is 8.66. The van der Waals surface area contributed by atoms with E-state index in [2.05, 4.69) is 20.7 Å². The highest BCUT2D eigenvalue weighted by atomic mass is 16.3. The summed E-state index contributed by atoms with van der Waals surface area (Å²) in [6.45, 7) is 5.60. The lowest BCUT2D eigenvalue weighted by Crippen LogP contribution is -2.41. The molecule has 2 heteroatoms. The van der Waals surface area contributed by atoms with E-state index in [1.807, 2.05) is 6.08 Å². The molecule has 0 aromatic heterocycles. The van der Waals surface area contributed by atoms with Gasteiger partial charge in [0.05, 0.1) is 27.2 Å². The van der Waals surface area contributed by atoms with Crippen molar-refractivity contribution in [2.75, 3.05) is 33.8 Å². The van der Waals surface area contributed by atoms with Crippen LogP contribution in [0.5, 0.6) is 0 Å². The van der Waals surface area contributed by atoms with Gasteiger partial charge >= 0.3 is 0 Å². The third-order valence-electron chi connectivity index (χ3n) is 1.33. The van der Waals surface area contributed by atoms with E-state index in [-0.39, 0.29) is 6.61 Å². The minimum Gasteiger partial charge on any atom is -0.391 e. The minimum atomic E-state index is 0.251. The molecule has 0 saturated carbocycles. The predicted molar refractivity (Wildman–Crippen MR) is 39.1 cm³/mol. The van der Waals surface area contributed by atoms with Gasteiger partial charge in [-0.15, -0.1) is 0 Å². The first-order valence-electron chi connectivity index (χ1n) is 3.16. The summed E-state index contributed by atoms with van der Waals surface area (Å²) in [6, 6.07) is 0. The second-order valence-electron chi connectivity index (χ2n) is 2.85. The van der Waals surface area contributed by atoms with Crippen molar-refractivity contribution >= 4 is 0 Å². The van der Waals surface area contributed by atoms with Gasteiger partial charge in [0, 0.05) is 0 Å². The van der Waals surface area contributed by atoms with E-state index in [0.29, 0.717) is 0 Å². The van der Waals surface area contributed by atoms with Gasteiger partial charge in [-0.3, -0.25) is 0 Å². The molecule has 2 nitrogen and oxygen atoms in total. The van der Waals surface area contributed by atoms with Gasteiger partial charge in [0.2, 0.25) is 0 Å². The molecule has 0 atom stereocenters. The summed E-state index contributed by atoms with van der Waals surface area (Å²) in [6.07, 6.45) is 1.87. The van der Waals surface area contributed by atoms with Crippen LogP contribution in [-0.2, 0) is 0 Å². The quantitative estimate of drug-likeness (QED) is 0.427. The fourth-order valence-corrected chi connectivity index (χ4v) is 0.711. The summed E-state index contributed by atoms with van der Waals surface area (Å²) in [4.78, 5) is 0. The fraction of sp³-hybridized carbons (Fsp3) is 0.714. The van der Waals surface area contributed by atoms with Crippen molar-refractivity contribution in [1.82, 2.24) is 0 Å². The van der Waals surface area contributed by atoms with Gasteiger partial charge in [0.15, 0.2) is 0 Å². The Morgan fingerprint density at radius 2 is 2.11 bits per heavy atom. The van der Waals surface area contributed by atoms with Crippen LogP contribution >= 0.6 is 0 Å². The molecule has 0 saturated heterocycles. The maximum absolute atomic E-state index is 8.58. The van der Waals surface area contributed by atoms with Crippen LogP contribution in [0.1, 0.15) is 0 Å². The number of aliphatic hydroxyl groups is 1. The van der Waals surface area contributed by atoms with Gasteiger partial charge < -0.3 is 9.59 Å². The number of rotatable bonds is 4. The molecule has 0 aliphatic rings. The molecule has 0 aliphatic heterocycles. The van der Waals surface area contributed by atoms with E-state index in [0.717, 1.165) is 17.6 Å². The Morgan fingerprint density at radius 1 is 1.56 bits per heavy atom. The molecule has 0 fully saturated rings. The summed E-state index contributed by atoms with van der Waals surface area (Å²) in [5, 5.41) is 8.58. The minimum absolute atomic E-state index is 0.251. The van der Waals surface area contributed by atoms with Crippen LogP contribution in [0.25, 0.3) is 0 Å². The number of hydrogen-bond donors (Lipinski definition) is 1. The molecule has 0 unspecified atom stereocenters. The van der Waals surface area contributed by atoms with Crippen LogP contribution in [0.15, 0.2) is 12.7 Å². The highest BCUT2D eigenvalue weighted by Crippen LogP contribution is 1.93. The summed E-state index contributed by atoms with van der Waals surface area (Å²) in [5.41, 5.74) is 0. The smallest absolute Gasteiger partial charge is 0.102 e. The number of quaternary nitrogens is 1. The van der Waals surface area contributed by atoms with Crippen LogP contribution < -0.4 is 0 Å². The molecule has 9 heavy (non-hydrogen) atoms. The van der Waals surface area contributed by atoms with Crippen LogP contribution in [0.2, 0.25) is 0 Å². The molecule has 1 N–H and O–H groups in total. The van der Waals surface area contributed by atoms with Gasteiger partial charge in [-0.1, -0.05) is 6.58 Å². The lowest BCUT2D eigenvalue weighted by atomic mass is 10.4. The molecule has 0 heterocycles. The second kappa shape index (κ2) is 3.64. The molecule has 0 bridgehead atoms. The Hall–Kier alpha value is -0.340. The fourth-order valence-electron chi connectivity index (χ4n) is 0.711. The third kappa shape index (κ3) is 4.18.